The van der Waals surface area contributed by atoms with Crippen molar-refractivity contribution >= 4 is 10.0 Å². The molecule has 0 spiro atoms. The lowest BCUT2D eigenvalue weighted by Gasteiger charge is -2.35. The van der Waals surface area contributed by atoms with Crippen molar-refractivity contribution in [3.63, 3.8) is 0 Å². The second-order valence-corrected chi connectivity index (χ2v) is 7.49. The number of aryl methyl sites for hydroxylation is 1. The summed E-state index contributed by atoms with van der Waals surface area (Å²) in [6.07, 6.45) is 3.50. The molecule has 21 heavy (non-hydrogen) atoms. The zero-order chi connectivity index (χ0) is 15.5. The third-order valence-corrected chi connectivity index (χ3v) is 5.65. The first-order valence-electron chi connectivity index (χ1n) is 7.32. The number of aromatic nitrogens is 2. The van der Waals surface area contributed by atoms with E-state index in [1.807, 2.05) is 0 Å². The van der Waals surface area contributed by atoms with Gasteiger partial charge in [0.15, 0.2) is 0 Å². The zero-order valence-corrected chi connectivity index (χ0v) is 13.5. The Hall–Kier alpha value is -0.960. The van der Waals surface area contributed by atoms with Crippen molar-refractivity contribution < 1.29 is 13.5 Å². The number of rotatable bonds is 6. The van der Waals surface area contributed by atoms with E-state index < -0.39 is 10.0 Å². The average molecular weight is 316 g/mol. The molecule has 0 unspecified atom stereocenters. The molecule has 1 aliphatic rings. The summed E-state index contributed by atoms with van der Waals surface area (Å²) in [6, 6.07) is 0.441. The molecule has 1 aromatic heterocycles. The fraction of sp³-hybridized carbons (Fsp3) is 0.769. The number of piperazine rings is 1. The summed E-state index contributed by atoms with van der Waals surface area (Å²) in [6.45, 7) is 7.38. The van der Waals surface area contributed by atoms with Gasteiger partial charge in [0, 0.05) is 51.6 Å². The van der Waals surface area contributed by atoms with Crippen LogP contribution < -0.4 is 0 Å². The van der Waals surface area contributed by atoms with Crippen molar-refractivity contribution in [3.8, 4) is 0 Å². The molecule has 0 atom stereocenters. The van der Waals surface area contributed by atoms with Crippen LogP contribution in [0.2, 0.25) is 0 Å². The maximum absolute atomic E-state index is 12.6. The quantitative estimate of drug-likeness (QED) is 0.798. The van der Waals surface area contributed by atoms with E-state index in [1.54, 1.807) is 10.9 Å². The van der Waals surface area contributed by atoms with Gasteiger partial charge in [0.05, 0.1) is 6.20 Å². The molecule has 0 saturated carbocycles. The van der Waals surface area contributed by atoms with Crippen LogP contribution in [-0.2, 0) is 16.6 Å². The summed E-state index contributed by atoms with van der Waals surface area (Å²) in [5, 5.41) is 12.8. The van der Waals surface area contributed by atoms with Crippen molar-refractivity contribution in [2.45, 2.75) is 37.8 Å². The predicted molar refractivity (Wildman–Crippen MR) is 79.4 cm³/mol. The molecule has 0 aliphatic carbocycles. The van der Waals surface area contributed by atoms with Crippen molar-refractivity contribution in [2.75, 3.05) is 32.8 Å². The minimum absolute atomic E-state index is 0.0686. The molecule has 1 N–H and O–H groups in total. The van der Waals surface area contributed by atoms with Crippen LogP contribution in [0.1, 0.15) is 20.3 Å². The van der Waals surface area contributed by atoms with Gasteiger partial charge >= 0.3 is 0 Å². The van der Waals surface area contributed by atoms with E-state index >= 15 is 0 Å². The molecule has 0 amide bonds. The minimum Gasteiger partial charge on any atom is -0.396 e. The smallest absolute Gasteiger partial charge is 0.246 e. The molecule has 120 valence electrons. The van der Waals surface area contributed by atoms with Crippen LogP contribution in [-0.4, -0.2) is 71.3 Å². The van der Waals surface area contributed by atoms with Crippen molar-refractivity contribution in [1.82, 2.24) is 19.0 Å². The van der Waals surface area contributed by atoms with Gasteiger partial charge in [-0.15, -0.1) is 0 Å². The Morgan fingerprint density at radius 1 is 1.29 bits per heavy atom. The molecule has 0 bridgehead atoms. The lowest BCUT2D eigenvalue weighted by molar-refractivity contribution is 0.154. The Bertz CT molecular complexity index is 548. The molecule has 2 heterocycles. The van der Waals surface area contributed by atoms with Crippen LogP contribution in [0.15, 0.2) is 17.3 Å². The molecule has 7 nitrogen and oxygen atoms in total. The molecule has 2 rings (SSSR count). The highest BCUT2D eigenvalue weighted by molar-refractivity contribution is 7.89. The largest absolute Gasteiger partial charge is 0.396 e. The van der Waals surface area contributed by atoms with E-state index in [1.165, 1.54) is 10.5 Å². The number of aliphatic hydroxyl groups excluding tert-OH is 1. The first-order valence-corrected chi connectivity index (χ1v) is 8.76. The zero-order valence-electron chi connectivity index (χ0n) is 12.6. The van der Waals surface area contributed by atoms with Crippen LogP contribution in [0.25, 0.3) is 0 Å². The number of nitrogens with zero attached hydrogens (tertiary/aromatic N) is 4. The van der Waals surface area contributed by atoms with E-state index in [-0.39, 0.29) is 11.5 Å². The second kappa shape index (κ2) is 6.87. The van der Waals surface area contributed by atoms with Gasteiger partial charge in [-0.3, -0.25) is 9.58 Å². The maximum Gasteiger partial charge on any atom is 0.246 e. The molecule has 0 aromatic carbocycles. The third kappa shape index (κ3) is 3.82. The van der Waals surface area contributed by atoms with E-state index in [0.717, 1.165) is 13.1 Å². The van der Waals surface area contributed by atoms with Crippen molar-refractivity contribution in [1.29, 1.82) is 0 Å². The Balaban J connectivity index is 2.03. The topological polar surface area (TPSA) is 78.7 Å². The lowest BCUT2D eigenvalue weighted by Crippen LogP contribution is -2.50. The fourth-order valence-corrected chi connectivity index (χ4v) is 3.82. The van der Waals surface area contributed by atoms with Gasteiger partial charge in [-0.2, -0.15) is 9.40 Å². The summed E-state index contributed by atoms with van der Waals surface area (Å²) in [5.41, 5.74) is 0. The fourth-order valence-electron chi connectivity index (χ4n) is 2.44. The van der Waals surface area contributed by atoms with Gasteiger partial charge in [0.2, 0.25) is 10.0 Å². The maximum atomic E-state index is 12.6. The van der Waals surface area contributed by atoms with Crippen LogP contribution in [0.4, 0.5) is 0 Å². The summed E-state index contributed by atoms with van der Waals surface area (Å²) >= 11 is 0. The molecule has 0 radical (unpaired) electrons. The second-order valence-electron chi connectivity index (χ2n) is 5.55. The molecule has 1 fully saturated rings. The van der Waals surface area contributed by atoms with E-state index in [0.29, 0.717) is 32.1 Å². The summed E-state index contributed by atoms with van der Waals surface area (Å²) < 4.78 is 28.2. The van der Waals surface area contributed by atoms with Crippen LogP contribution >= 0.6 is 0 Å². The monoisotopic (exact) mass is 316 g/mol. The van der Waals surface area contributed by atoms with Crippen LogP contribution in [0.5, 0.6) is 0 Å². The van der Waals surface area contributed by atoms with Gasteiger partial charge in [0.25, 0.3) is 0 Å². The Morgan fingerprint density at radius 3 is 2.52 bits per heavy atom. The van der Waals surface area contributed by atoms with Crippen molar-refractivity contribution in [3.05, 3.63) is 12.4 Å². The highest BCUT2D eigenvalue weighted by Crippen LogP contribution is 2.17. The number of aliphatic hydroxyl groups is 1. The highest BCUT2D eigenvalue weighted by atomic mass is 32.2. The van der Waals surface area contributed by atoms with Gasteiger partial charge in [-0.1, -0.05) is 0 Å². The SMILES string of the molecule is CC(C)N1CCN(S(=O)(=O)c2cnn(CCCO)c2)CC1. The number of hydrogen-bond acceptors (Lipinski definition) is 5. The first-order chi connectivity index (χ1) is 9.95. The average Bonchev–Trinajstić information content (AvgIpc) is 2.94. The lowest BCUT2D eigenvalue weighted by atomic mass is 10.3. The van der Waals surface area contributed by atoms with Gasteiger partial charge < -0.3 is 5.11 Å². The first kappa shape index (κ1) is 16.4. The Labute approximate surface area is 126 Å². The summed E-state index contributed by atoms with van der Waals surface area (Å²) in [7, 11) is -3.45. The van der Waals surface area contributed by atoms with Crippen molar-refractivity contribution in [2.24, 2.45) is 0 Å². The molecule has 8 heteroatoms. The highest BCUT2D eigenvalue weighted by Gasteiger charge is 2.30. The van der Waals surface area contributed by atoms with E-state index in [4.69, 9.17) is 5.11 Å². The van der Waals surface area contributed by atoms with Crippen LogP contribution in [0.3, 0.4) is 0 Å². The summed E-state index contributed by atoms with van der Waals surface area (Å²) in [5.74, 6) is 0. The molecular weight excluding hydrogens is 292 g/mol. The number of sulfonamides is 1. The standard InChI is InChI=1S/C13H24N4O3S/c1-12(2)15-5-7-17(8-6-15)21(19,20)13-10-14-16(11-13)4-3-9-18/h10-12,18H,3-9H2,1-2H3. The predicted octanol–water partition coefficient (Wildman–Crippen LogP) is -0.0198. The normalized spacial score (nSPS) is 18.5. The van der Waals surface area contributed by atoms with Gasteiger partial charge in [0.1, 0.15) is 4.90 Å². The van der Waals surface area contributed by atoms with Crippen LogP contribution in [0, 0.1) is 0 Å². The Morgan fingerprint density at radius 2 is 1.95 bits per heavy atom. The Kier molecular flexibility index (Phi) is 5.37. The summed E-state index contributed by atoms with van der Waals surface area (Å²) in [4.78, 5) is 2.51. The van der Waals surface area contributed by atoms with Gasteiger partial charge in [-0.25, -0.2) is 8.42 Å². The van der Waals surface area contributed by atoms with E-state index in [9.17, 15) is 8.42 Å². The minimum atomic E-state index is -3.45. The van der Waals surface area contributed by atoms with Gasteiger partial charge in [-0.05, 0) is 20.3 Å². The molecular formula is C13H24N4O3S. The molecule has 1 aromatic rings. The van der Waals surface area contributed by atoms with E-state index in [2.05, 4.69) is 23.8 Å². The number of hydrogen-bond donors (Lipinski definition) is 1. The molecule has 1 saturated heterocycles. The third-order valence-electron chi connectivity index (χ3n) is 3.80. The molecule has 1 aliphatic heterocycles.